The molecule has 0 saturated heterocycles. The molecule has 0 amide bonds. The van der Waals surface area contributed by atoms with Gasteiger partial charge >= 0.3 is 0 Å². The molecule has 4 nitrogen and oxygen atoms in total. The van der Waals surface area contributed by atoms with E-state index in [1.54, 1.807) is 13.0 Å². The van der Waals surface area contributed by atoms with E-state index in [0.717, 1.165) is 32.1 Å². The number of ketones is 2. The van der Waals surface area contributed by atoms with Crippen molar-refractivity contribution in [1.29, 1.82) is 0 Å². The van der Waals surface area contributed by atoms with Crippen LogP contribution in [0.2, 0.25) is 0 Å². The van der Waals surface area contributed by atoms with Gasteiger partial charge in [0.25, 0.3) is 0 Å². The highest BCUT2D eigenvalue weighted by Crippen LogP contribution is 2.66. The van der Waals surface area contributed by atoms with Gasteiger partial charge in [0, 0.05) is 17.8 Å². The molecule has 4 rings (SSSR count). The van der Waals surface area contributed by atoms with Crippen molar-refractivity contribution in [3.63, 3.8) is 0 Å². The maximum Gasteiger partial charge on any atom is 0.155 e. The largest absolute Gasteiger partial charge is 0.390 e. The third-order valence-corrected chi connectivity index (χ3v) is 8.56. The lowest BCUT2D eigenvalue weighted by Gasteiger charge is -2.61. The fourth-order valence-corrected chi connectivity index (χ4v) is 7.30. The van der Waals surface area contributed by atoms with Crippen molar-refractivity contribution in [1.82, 2.24) is 0 Å². The number of fused-ring (bicyclic) bond motifs is 5. The Morgan fingerprint density at radius 2 is 1.88 bits per heavy atom. The van der Waals surface area contributed by atoms with Crippen LogP contribution in [0.25, 0.3) is 0 Å². The van der Waals surface area contributed by atoms with Crippen LogP contribution in [-0.2, 0) is 9.59 Å². The van der Waals surface area contributed by atoms with Crippen LogP contribution in [0.15, 0.2) is 11.6 Å². The summed E-state index contributed by atoms with van der Waals surface area (Å²) in [6, 6.07) is 0. The van der Waals surface area contributed by atoms with E-state index >= 15 is 0 Å². The fourth-order valence-electron chi connectivity index (χ4n) is 7.30. The molecule has 0 radical (unpaired) electrons. The van der Waals surface area contributed by atoms with Gasteiger partial charge in [-0.2, -0.15) is 0 Å². The van der Waals surface area contributed by atoms with E-state index in [-0.39, 0.29) is 34.7 Å². The first kappa shape index (κ1) is 17.4. The van der Waals surface area contributed by atoms with Crippen LogP contribution in [0.4, 0.5) is 0 Å². The van der Waals surface area contributed by atoms with Crippen molar-refractivity contribution < 1.29 is 19.8 Å². The van der Waals surface area contributed by atoms with Gasteiger partial charge in [-0.05, 0) is 68.3 Å². The molecule has 25 heavy (non-hydrogen) atoms. The molecule has 4 aliphatic rings. The summed E-state index contributed by atoms with van der Waals surface area (Å²) in [7, 11) is 0. The maximum absolute atomic E-state index is 12.2. The second-order valence-corrected chi connectivity index (χ2v) is 9.43. The monoisotopic (exact) mass is 346 g/mol. The highest BCUT2D eigenvalue weighted by molar-refractivity contribution is 5.91. The zero-order valence-corrected chi connectivity index (χ0v) is 15.5. The molecular formula is C21H30O4. The highest BCUT2D eigenvalue weighted by atomic mass is 16.3. The van der Waals surface area contributed by atoms with Crippen molar-refractivity contribution in [2.75, 3.05) is 0 Å². The zero-order valence-electron chi connectivity index (χ0n) is 15.5. The molecule has 0 aromatic heterocycles. The molecule has 0 aromatic rings. The number of hydrogen-bond acceptors (Lipinski definition) is 4. The smallest absolute Gasteiger partial charge is 0.155 e. The Morgan fingerprint density at radius 3 is 2.56 bits per heavy atom. The molecule has 2 unspecified atom stereocenters. The summed E-state index contributed by atoms with van der Waals surface area (Å²) in [5, 5.41) is 22.3. The van der Waals surface area contributed by atoms with Crippen molar-refractivity contribution in [2.45, 2.75) is 71.5 Å². The molecule has 0 aromatic carbocycles. The minimum absolute atomic E-state index is 0.0145. The Morgan fingerprint density at radius 1 is 1.16 bits per heavy atom. The Bertz CT molecular complexity index is 652. The zero-order chi connectivity index (χ0) is 18.1. The topological polar surface area (TPSA) is 74.6 Å². The van der Waals surface area contributed by atoms with Crippen LogP contribution in [0, 0.1) is 34.5 Å². The summed E-state index contributed by atoms with van der Waals surface area (Å²) in [6.07, 6.45) is 5.04. The molecular weight excluding hydrogens is 316 g/mol. The van der Waals surface area contributed by atoms with Gasteiger partial charge in [0.2, 0.25) is 0 Å². The number of rotatable bonds is 1. The van der Waals surface area contributed by atoms with Gasteiger partial charge in [0.1, 0.15) is 5.78 Å². The lowest BCUT2D eigenvalue weighted by Crippen LogP contribution is -2.64. The van der Waals surface area contributed by atoms with Crippen LogP contribution in [0.5, 0.6) is 0 Å². The third-order valence-electron chi connectivity index (χ3n) is 8.56. The summed E-state index contributed by atoms with van der Waals surface area (Å²) in [6.45, 7) is 5.83. The Hall–Kier alpha value is -1.00. The molecule has 8 atom stereocenters. The van der Waals surface area contributed by atoms with Gasteiger partial charge in [-0.15, -0.1) is 0 Å². The number of carbonyl (C=O) groups excluding carboxylic acids is 2. The summed E-state index contributed by atoms with van der Waals surface area (Å²) >= 11 is 0. The lowest BCUT2D eigenvalue weighted by atomic mass is 9.45. The van der Waals surface area contributed by atoms with Crippen LogP contribution in [-0.4, -0.2) is 34.0 Å². The quantitative estimate of drug-likeness (QED) is 0.765. The average Bonchev–Trinajstić information content (AvgIpc) is 2.91. The predicted molar refractivity (Wildman–Crippen MR) is 93.7 cm³/mol. The van der Waals surface area contributed by atoms with Crippen molar-refractivity contribution in [3.8, 4) is 0 Å². The first-order valence-corrected chi connectivity index (χ1v) is 9.81. The SMILES string of the molecule is CC(=O)[C@H]1CC[C@H]2[C@@H]3CCC4=CC(=O)CC[C@]4(C)[C@H]3C(O)C(O)[C@]12C. The third kappa shape index (κ3) is 2.13. The number of hydrogen-bond donors (Lipinski definition) is 2. The molecule has 4 aliphatic carbocycles. The molecule has 0 spiro atoms. The van der Waals surface area contributed by atoms with Crippen molar-refractivity contribution in [3.05, 3.63) is 11.6 Å². The minimum atomic E-state index is -0.871. The normalized spacial score (nSPS) is 52.0. The summed E-state index contributed by atoms with van der Waals surface area (Å²) in [5.41, 5.74) is 0.447. The van der Waals surface area contributed by atoms with E-state index in [4.69, 9.17) is 0 Å². The van der Waals surface area contributed by atoms with E-state index in [0.29, 0.717) is 12.3 Å². The van der Waals surface area contributed by atoms with Gasteiger partial charge in [-0.3, -0.25) is 9.59 Å². The maximum atomic E-state index is 12.2. The summed E-state index contributed by atoms with van der Waals surface area (Å²) < 4.78 is 0. The molecule has 138 valence electrons. The van der Waals surface area contributed by atoms with E-state index in [2.05, 4.69) is 6.92 Å². The van der Waals surface area contributed by atoms with Gasteiger partial charge in [-0.1, -0.05) is 19.4 Å². The van der Waals surface area contributed by atoms with Crippen molar-refractivity contribution in [2.24, 2.45) is 34.5 Å². The minimum Gasteiger partial charge on any atom is -0.390 e. The summed E-state index contributed by atoms with van der Waals surface area (Å²) in [4.78, 5) is 24.1. The number of aliphatic hydroxyl groups excluding tert-OH is 2. The Kier molecular flexibility index (Phi) is 3.83. The second kappa shape index (κ2) is 5.50. The highest BCUT2D eigenvalue weighted by Gasteiger charge is 2.66. The second-order valence-electron chi connectivity index (χ2n) is 9.43. The van der Waals surface area contributed by atoms with E-state index in [9.17, 15) is 19.8 Å². The molecule has 3 fully saturated rings. The number of Topliss-reactive ketones (excluding diaryl/α,β-unsaturated/α-hetero) is 1. The molecule has 0 heterocycles. The lowest BCUT2D eigenvalue weighted by molar-refractivity contribution is -0.202. The van der Waals surface area contributed by atoms with E-state index < -0.39 is 17.6 Å². The van der Waals surface area contributed by atoms with Crippen LogP contribution < -0.4 is 0 Å². The number of allylic oxidation sites excluding steroid dienone is 1. The first-order chi connectivity index (χ1) is 11.7. The first-order valence-electron chi connectivity index (χ1n) is 9.81. The standard InChI is InChI=1S/C21H30O4/c1-11(22)15-6-7-16-14-5-4-12-10-13(23)8-9-20(12,2)17(14)18(24)19(25)21(15,16)3/h10,14-19,24-25H,4-9H2,1-3H3/t14-,15+,16-,17+,18?,19?,20-,21+/m0/s1. The van der Waals surface area contributed by atoms with Crippen molar-refractivity contribution >= 4 is 11.6 Å². The van der Waals surface area contributed by atoms with Gasteiger partial charge in [0.15, 0.2) is 5.78 Å². The van der Waals surface area contributed by atoms with Gasteiger partial charge in [0.05, 0.1) is 12.2 Å². The molecule has 0 bridgehead atoms. The van der Waals surface area contributed by atoms with Crippen LogP contribution >= 0.6 is 0 Å². The van der Waals surface area contributed by atoms with E-state index in [1.165, 1.54) is 5.57 Å². The van der Waals surface area contributed by atoms with Crippen LogP contribution in [0.3, 0.4) is 0 Å². The Balaban J connectivity index is 1.77. The molecule has 0 aliphatic heterocycles. The fraction of sp³-hybridized carbons (Fsp3) is 0.810. The predicted octanol–water partition coefficient (Wildman–Crippen LogP) is 2.67. The van der Waals surface area contributed by atoms with E-state index in [1.807, 2.05) is 6.92 Å². The Labute approximate surface area is 149 Å². The number of carbonyl (C=O) groups is 2. The van der Waals surface area contributed by atoms with Crippen LogP contribution in [0.1, 0.15) is 59.3 Å². The molecule has 4 heteroatoms. The average molecular weight is 346 g/mol. The van der Waals surface area contributed by atoms with Gasteiger partial charge < -0.3 is 10.2 Å². The summed E-state index contributed by atoms with van der Waals surface area (Å²) in [5.74, 6) is 0.767. The number of aliphatic hydroxyl groups is 2. The molecule has 3 saturated carbocycles. The van der Waals surface area contributed by atoms with Gasteiger partial charge in [-0.25, -0.2) is 0 Å². The molecule has 2 N–H and O–H groups in total.